The van der Waals surface area contributed by atoms with Crippen molar-refractivity contribution in [2.45, 2.75) is 27.3 Å². The van der Waals surface area contributed by atoms with Crippen molar-refractivity contribution >= 4 is 5.82 Å². The Morgan fingerprint density at radius 1 is 1.40 bits per heavy atom. The van der Waals surface area contributed by atoms with Crippen LogP contribution in [-0.2, 0) is 6.54 Å². The number of hydrogen-bond donors (Lipinski definition) is 1. The maximum atomic E-state index is 5.70. The maximum absolute atomic E-state index is 5.70. The Bertz CT molecular complexity index is 321. The van der Waals surface area contributed by atoms with Crippen molar-refractivity contribution < 1.29 is 0 Å². The molecule has 0 bridgehead atoms. The molecule has 0 aliphatic heterocycles. The summed E-state index contributed by atoms with van der Waals surface area (Å²) < 4.78 is 0. The summed E-state index contributed by atoms with van der Waals surface area (Å²) in [6.45, 7) is 7.96. The minimum Gasteiger partial charge on any atom is -0.359 e. The average molecular weight is 207 g/mol. The van der Waals surface area contributed by atoms with E-state index in [0.29, 0.717) is 12.5 Å². The summed E-state index contributed by atoms with van der Waals surface area (Å²) >= 11 is 0. The number of pyridine rings is 1. The summed E-state index contributed by atoms with van der Waals surface area (Å²) in [4.78, 5) is 6.72. The zero-order valence-electron chi connectivity index (χ0n) is 10.1. The molecule has 15 heavy (non-hydrogen) atoms. The highest BCUT2D eigenvalue weighted by atomic mass is 15.2. The van der Waals surface area contributed by atoms with Gasteiger partial charge in [0.25, 0.3) is 0 Å². The third kappa shape index (κ3) is 3.20. The highest BCUT2D eigenvalue weighted by Crippen LogP contribution is 2.17. The fraction of sp³-hybridized carbons (Fsp3) is 0.583. The van der Waals surface area contributed by atoms with Crippen LogP contribution in [0.25, 0.3) is 0 Å². The molecular weight excluding hydrogens is 186 g/mol. The van der Waals surface area contributed by atoms with E-state index in [1.54, 1.807) is 0 Å². The topological polar surface area (TPSA) is 42.1 Å². The molecule has 1 rings (SSSR count). The Balaban J connectivity index is 2.94. The van der Waals surface area contributed by atoms with E-state index in [4.69, 9.17) is 5.73 Å². The molecule has 1 aromatic heterocycles. The molecule has 84 valence electrons. The van der Waals surface area contributed by atoms with E-state index < -0.39 is 0 Å². The molecule has 3 nitrogen and oxygen atoms in total. The molecule has 0 unspecified atom stereocenters. The second kappa shape index (κ2) is 5.12. The van der Waals surface area contributed by atoms with E-state index in [2.05, 4.69) is 36.8 Å². The van der Waals surface area contributed by atoms with Crippen LogP contribution in [0.15, 0.2) is 12.1 Å². The van der Waals surface area contributed by atoms with Crippen molar-refractivity contribution in [1.29, 1.82) is 0 Å². The summed E-state index contributed by atoms with van der Waals surface area (Å²) in [7, 11) is 2.07. The van der Waals surface area contributed by atoms with Gasteiger partial charge in [0.2, 0.25) is 0 Å². The number of nitrogens with two attached hydrogens (primary N) is 1. The monoisotopic (exact) mass is 207 g/mol. The Kier molecular flexibility index (Phi) is 4.09. The highest BCUT2D eigenvalue weighted by Gasteiger charge is 2.09. The van der Waals surface area contributed by atoms with Crippen LogP contribution < -0.4 is 10.6 Å². The zero-order valence-corrected chi connectivity index (χ0v) is 10.1. The van der Waals surface area contributed by atoms with Crippen LogP contribution in [0.2, 0.25) is 0 Å². The van der Waals surface area contributed by atoms with Gasteiger partial charge in [-0.25, -0.2) is 4.98 Å². The van der Waals surface area contributed by atoms with Crippen LogP contribution >= 0.6 is 0 Å². The normalized spacial score (nSPS) is 10.8. The number of rotatable bonds is 4. The number of aryl methyl sites for hydroxylation is 1. The fourth-order valence-electron chi connectivity index (χ4n) is 1.70. The van der Waals surface area contributed by atoms with Crippen molar-refractivity contribution in [3.8, 4) is 0 Å². The SMILES string of the molecule is Cc1ccc(CN)c(N(C)CC(C)C)n1. The van der Waals surface area contributed by atoms with E-state index in [1.807, 2.05) is 13.0 Å². The summed E-state index contributed by atoms with van der Waals surface area (Å²) in [5.74, 6) is 1.65. The molecule has 2 N–H and O–H groups in total. The Hall–Kier alpha value is -1.09. The fourth-order valence-corrected chi connectivity index (χ4v) is 1.70. The molecule has 0 amide bonds. The molecule has 0 radical (unpaired) electrons. The number of nitrogens with zero attached hydrogens (tertiary/aromatic N) is 2. The molecule has 0 atom stereocenters. The first kappa shape index (κ1) is 12.0. The van der Waals surface area contributed by atoms with Gasteiger partial charge in [0.1, 0.15) is 5.82 Å². The van der Waals surface area contributed by atoms with E-state index in [0.717, 1.165) is 23.6 Å². The van der Waals surface area contributed by atoms with Crippen molar-refractivity contribution in [1.82, 2.24) is 4.98 Å². The average Bonchev–Trinajstić information content (AvgIpc) is 2.16. The second-order valence-corrected chi connectivity index (χ2v) is 4.41. The van der Waals surface area contributed by atoms with Gasteiger partial charge in [-0.05, 0) is 18.9 Å². The van der Waals surface area contributed by atoms with Gasteiger partial charge in [-0.1, -0.05) is 19.9 Å². The summed E-state index contributed by atoms with van der Waals surface area (Å²) in [6.07, 6.45) is 0. The van der Waals surface area contributed by atoms with E-state index in [1.165, 1.54) is 0 Å². The first-order valence-corrected chi connectivity index (χ1v) is 5.42. The molecule has 1 heterocycles. The number of aromatic nitrogens is 1. The predicted octanol–water partition coefficient (Wildman–Crippen LogP) is 1.94. The van der Waals surface area contributed by atoms with Crippen molar-refractivity contribution in [2.75, 3.05) is 18.5 Å². The van der Waals surface area contributed by atoms with Crippen molar-refractivity contribution in [3.63, 3.8) is 0 Å². The summed E-state index contributed by atoms with van der Waals surface area (Å²) in [6, 6.07) is 4.07. The molecule has 0 aliphatic carbocycles. The number of anilines is 1. The van der Waals surface area contributed by atoms with E-state index >= 15 is 0 Å². The Morgan fingerprint density at radius 2 is 2.07 bits per heavy atom. The minimum absolute atomic E-state index is 0.547. The van der Waals surface area contributed by atoms with Gasteiger partial charge in [-0.15, -0.1) is 0 Å². The minimum atomic E-state index is 0.547. The molecule has 0 aromatic carbocycles. The predicted molar refractivity (Wildman–Crippen MR) is 65.0 cm³/mol. The summed E-state index contributed by atoms with van der Waals surface area (Å²) in [5, 5.41) is 0. The lowest BCUT2D eigenvalue weighted by Gasteiger charge is -2.23. The third-order valence-corrected chi connectivity index (χ3v) is 2.32. The molecule has 0 aliphatic rings. The van der Waals surface area contributed by atoms with Crippen LogP contribution in [0, 0.1) is 12.8 Å². The summed E-state index contributed by atoms with van der Waals surface area (Å²) in [5.41, 5.74) is 7.86. The van der Waals surface area contributed by atoms with Gasteiger partial charge in [-0.2, -0.15) is 0 Å². The van der Waals surface area contributed by atoms with Crippen LogP contribution in [0.4, 0.5) is 5.82 Å². The Morgan fingerprint density at radius 3 is 2.60 bits per heavy atom. The largest absolute Gasteiger partial charge is 0.359 e. The van der Waals surface area contributed by atoms with Crippen LogP contribution in [0.3, 0.4) is 0 Å². The van der Waals surface area contributed by atoms with Crippen LogP contribution in [-0.4, -0.2) is 18.6 Å². The van der Waals surface area contributed by atoms with Gasteiger partial charge in [-0.3, -0.25) is 0 Å². The second-order valence-electron chi connectivity index (χ2n) is 4.41. The van der Waals surface area contributed by atoms with Crippen LogP contribution in [0.5, 0.6) is 0 Å². The lowest BCUT2D eigenvalue weighted by atomic mass is 10.2. The van der Waals surface area contributed by atoms with Gasteiger partial charge in [0.05, 0.1) is 0 Å². The van der Waals surface area contributed by atoms with Crippen molar-refractivity contribution in [2.24, 2.45) is 11.7 Å². The molecule has 0 fully saturated rings. The van der Waals surface area contributed by atoms with E-state index in [9.17, 15) is 0 Å². The van der Waals surface area contributed by atoms with Crippen LogP contribution in [0.1, 0.15) is 25.1 Å². The van der Waals surface area contributed by atoms with E-state index in [-0.39, 0.29) is 0 Å². The first-order valence-electron chi connectivity index (χ1n) is 5.42. The molecular formula is C12H21N3. The van der Waals surface area contributed by atoms with Gasteiger partial charge >= 0.3 is 0 Å². The molecule has 0 saturated heterocycles. The Labute approximate surface area is 92.3 Å². The van der Waals surface area contributed by atoms with Gasteiger partial charge < -0.3 is 10.6 Å². The smallest absolute Gasteiger partial charge is 0.133 e. The van der Waals surface area contributed by atoms with Gasteiger partial charge in [0.15, 0.2) is 0 Å². The molecule has 1 aromatic rings. The third-order valence-electron chi connectivity index (χ3n) is 2.32. The molecule has 0 saturated carbocycles. The quantitative estimate of drug-likeness (QED) is 0.820. The molecule has 0 spiro atoms. The standard InChI is InChI=1S/C12H21N3/c1-9(2)8-15(4)12-11(7-13)6-5-10(3)14-12/h5-6,9H,7-8,13H2,1-4H3. The van der Waals surface area contributed by atoms with Crippen molar-refractivity contribution in [3.05, 3.63) is 23.4 Å². The lowest BCUT2D eigenvalue weighted by molar-refractivity contribution is 0.632. The first-order chi connectivity index (χ1) is 7.04. The maximum Gasteiger partial charge on any atom is 0.133 e. The lowest BCUT2D eigenvalue weighted by Crippen LogP contribution is -2.25. The zero-order chi connectivity index (χ0) is 11.4. The molecule has 3 heteroatoms. The number of hydrogen-bond acceptors (Lipinski definition) is 3. The highest BCUT2D eigenvalue weighted by molar-refractivity contribution is 5.47. The van der Waals surface area contributed by atoms with Gasteiger partial charge in [0, 0.05) is 31.4 Å².